The van der Waals surface area contributed by atoms with Crippen molar-refractivity contribution in [3.63, 3.8) is 0 Å². The summed E-state index contributed by atoms with van der Waals surface area (Å²) in [6.07, 6.45) is -2.48. The van der Waals surface area contributed by atoms with Gasteiger partial charge in [-0.25, -0.2) is 8.78 Å². The van der Waals surface area contributed by atoms with Gasteiger partial charge in [0, 0.05) is 22.3 Å². The zero-order valence-electron chi connectivity index (χ0n) is 11.6. The molecular formula is C16H17BrF2N2. The molecule has 0 aromatic heterocycles. The first-order valence-electron chi connectivity index (χ1n) is 6.61. The number of hydrogen-bond acceptors (Lipinski definition) is 2. The number of anilines is 1. The highest BCUT2D eigenvalue weighted by Crippen LogP contribution is 2.26. The van der Waals surface area contributed by atoms with E-state index in [0.717, 1.165) is 21.3 Å². The van der Waals surface area contributed by atoms with Gasteiger partial charge >= 0.3 is 0 Å². The maximum atomic E-state index is 12.8. The second kappa shape index (κ2) is 7.00. The average Bonchev–Trinajstić information content (AvgIpc) is 2.44. The van der Waals surface area contributed by atoms with Crippen LogP contribution < -0.4 is 11.1 Å². The molecule has 112 valence electrons. The standard InChI is InChI=1S/C16H17BrF2N2/c1-10-5-13(17)8-14(6-10)21-15(9-20)11-3-2-4-12(7-11)16(18)19/h2-8,15-16,21H,9,20H2,1H3. The summed E-state index contributed by atoms with van der Waals surface area (Å²) in [6, 6.07) is 12.1. The molecule has 0 fully saturated rings. The number of nitrogens with one attached hydrogen (secondary N) is 1. The van der Waals surface area contributed by atoms with Crippen LogP contribution in [0.2, 0.25) is 0 Å². The Morgan fingerprint density at radius 1 is 1.14 bits per heavy atom. The van der Waals surface area contributed by atoms with Crippen LogP contribution in [0.15, 0.2) is 46.9 Å². The Hall–Kier alpha value is -1.46. The second-order valence-corrected chi connectivity index (χ2v) is 5.84. The molecule has 2 rings (SSSR count). The predicted octanol–water partition coefficient (Wildman–Crippen LogP) is 4.81. The first kappa shape index (κ1) is 15.9. The summed E-state index contributed by atoms with van der Waals surface area (Å²) >= 11 is 3.44. The van der Waals surface area contributed by atoms with E-state index in [1.54, 1.807) is 12.1 Å². The summed E-state index contributed by atoms with van der Waals surface area (Å²) < 4.78 is 26.5. The van der Waals surface area contributed by atoms with Gasteiger partial charge in [-0.2, -0.15) is 0 Å². The van der Waals surface area contributed by atoms with Crippen LogP contribution in [-0.4, -0.2) is 6.54 Å². The maximum absolute atomic E-state index is 12.8. The summed E-state index contributed by atoms with van der Waals surface area (Å²) in [7, 11) is 0. The average molecular weight is 355 g/mol. The summed E-state index contributed by atoms with van der Waals surface area (Å²) in [5.74, 6) is 0. The topological polar surface area (TPSA) is 38.0 Å². The number of benzene rings is 2. The van der Waals surface area contributed by atoms with E-state index in [4.69, 9.17) is 5.73 Å². The molecule has 0 saturated carbocycles. The van der Waals surface area contributed by atoms with Crippen molar-refractivity contribution in [3.05, 3.63) is 63.6 Å². The van der Waals surface area contributed by atoms with Crippen LogP contribution in [0.3, 0.4) is 0 Å². The number of hydrogen-bond donors (Lipinski definition) is 2. The molecule has 0 bridgehead atoms. The van der Waals surface area contributed by atoms with E-state index in [0.29, 0.717) is 6.54 Å². The Morgan fingerprint density at radius 3 is 2.48 bits per heavy atom. The van der Waals surface area contributed by atoms with Gasteiger partial charge in [0.25, 0.3) is 6.43 Å². The van der Waals surface area contributed by atoms with E-state index in [-0.39, 0.29) is 11.6 Å². The van der Waals surface area contributed by atoms with Crippen LogP contribution in [0.1, 0.15) is 29.2 Å². The van der Waals surface area contributed by atoms with Gasteiger partial charge in [0.2, 0.25) is 0 Å². The molecule has 0 saturated heterocycles. The number of aryl methyl sites for hydroxylation is 1. The summed E-state index contributed by atoms with van der Waals surface area (Å²) in [6.45, 7) is 2.31. The van der Waals surface area contributed by atoms with E-state index in [2.05, 4.69) is 21.2 Å². The molecule has 0 radical (unpaired) electrons. The fourth-order valence-electron chi connectivity index (χ4n) is 2.21. The van der Waals surface area contributed by atoms with E-state index in [9.17, 15) is 8.78 Å². The third kappa shape index (κ3) is 4.25. The Morgan fingerprint density at radius 2 is 1.86 bits per heavy atom. The minimum atomic E-state index is -2.48. The number of halogens is 3. The quantitative estimate of drug-likeness (QED) is 0.808. The number of rotatable bonds is 5. The van der Waals surface area contributed by atoms with Crippen LogP contribution >= 0.6 is 15.9 Å². The maximum Gasteiger partial charge on any atom is 0.263 e. The van der Waals surface area contributed by atoms with Gasteiger partial charge in [-0.1, -0.05) is 34.1 Å². The van der Waals surface area contributed by atoms with Gasteiger partial charge in [-0.3, -0.25) is 0 Å². The van der Waals surface area contributed by atoms with Gasteiger partial charge in [-0.05, 0) is 42.3 Å². The summed E-state index contributed by atoms with van der Waals surface area (Å²) in [5, 5.41) is 3.29. The molecule has 0 aliphatic rings. The molecule has 1 atom stereocenters. The molecular weight excluding hydrogens is 338 g/mol. The molecule has 5 heteroatoms. The Balaban J connectivity index is 2.25. The lowest BCUT2D eigenvalue weighted by Gasteiger charge is -2.20. The zero-order valence-corrected chi connectivity index (χ0v) is 13.2. The Bertz CT molecular complexity index is 597. The molecule has 2 aromatic rings. The second-order valence-electron chi connectivity index (χ2n) is 4.92. The zero-order chi connectivity index (χ0) is 15.4. The normalized spacial score (nSPS) is 12.5. The van der Waals surface area contributed by atoms with E-state index in [1.807, 2.05) is 25.1 Å². The van der Waals surface area contributed by atoms with Crippen molar-refractivity contribution >= 4 is 21.6 Å². The van der Waals surface area contributed by atoms with Crippen molar-refractivity contribution in [2.45, 2.75) is 19.4 Å². The van der Waals surface area contributed by atoms with Crippen molar-refractivity contribution in [2.75, 3.05) is 11.9 Å². The SMILES string of the molecule is Cc1cc(Br)cc(NC(CN)c2cccc(C(F)F)c2)c1. The largest absolute Gasteiger partial charge is 0.377 e. The van der Waals surface area contributed by atoms with E-state index >= 15 is 0 Å². The molecule has 2 nitrogen and oxygen atoms in total. The lowest BCUT2D eigenvalue weighted by molar-refractivity contribution is 0.151. The fraction of sp³-hybridized carbons (Fsp3) is 0.250. The highest BCUT2D eigenvalue weighted by Gasteiger charge is 2.13. The molecule has 0 aliphatic heterocycles. The van der Waals surface area contributed by atoms with Gasteiger partial charge < -0.3 is 11.1 Å². The molecule has 1 unspecified atom stereocenters. The molecule has 0 amide bonds. The third-order valence-electron chi connectivity index (χ3n) is 3.18. The smallest absolute Gasteiger partial charge is 0.263 e. The number of alkyl halides is 2. The van der Waals surface area contributed by atoms with Crippen LogP contribution in [0.25, 0.3) is 0 Å². The van der Waals surface area contributed by atoms with Crippen LogP contribution in [0.4, 0.5) is 14.5 Å². The van der Waals surface area contributed by atoms with Crippen LogP contribution in [0.5, 0.6) is 0 Å². The highest BCUT2D eigenvalue weighted by molar-refractivity contribution is 9.10. The van der Waals surface area contributed by atoms with Crippen molar-refractivity contribution in [1.29, 1.82) is 0 Å². The summed E-state index contributed by atoms with van der Waals surface area (Å²) in [5.41, 5.74) is 8.57. The van der Waals surface area contributed by atoms with Crippen LogP contribution in [0, 0.1) is 6.92 Å². The molecule has 0 heterocycles. The molecule has 3 N–H and O–H groups in total. The summed E-state index contributed by atoms with van der Waals surface area (Å²) in [4.78, 5) is 0. The minimum absolute atomic E-state index is 0.0122. The first-order valence-corrected chi connectivity index (χ1v) is 7.40. The van der Waals surface area contributed by atoms with Gasteiger partial charge in [0.15, 0.2) is 0 Å². The first-order chi connectivity index (χ1) is 9.99. The van der Waals surface area contributed by atoms with Crippen molar-refractivity contribution in [1.82, 2.24) is 0 Å². The van der Waals surface area contributed by atoms with Crippen molar-refractivity contribution in [3.8, 4) is 0 Å². The Kier molecular flexibility index (Phi) is 5.31. The van der Waals surface area contributed by atoms with Crippen molar-refractivity contribution in [2.24, 2.45) is 5.73 Å². The third-order valence-corrected chi connectivity index (χ3v) is 3.64. The van der Waals surface area contributed by atoms with Gasteiger partial charge in [0.05, 0.1) is 6.04 Å². The molecule has 0 spiro atoms. The molecule has 0 aliphatic carbocycles. The van der Waals surface area contributed by atoms with Crippen LogP contribution in [-0.2, 0) is 0 Å². The Labute approximate surface area is 131 Å². The number of nitrogens with two attached hydrogens (primary N) is 1. The van der Waals surface area contributed by atoms with Gasteiger partial charge in [-0.15, -0.1) is 0 Å². The highest BCUT2D eigenvalue weighted by atomic mass is 79.9. The fourth-order valence-corrected chi connectivity index (χ4v) is 2.82. The molecule has 21 heavy (non-hydrogen) atoms. The predicted molar refractivity (Wildman–Crippen MR) is 85.7 cm³/mol. The lowest BCUT2D eigenvalue weighted by atomic mass is 10.0. The minimum Gasteiger partial charge on any atom is -0.377 e. The lowest BCUT2D eigenvalue weighted by Crippen LogP contribution is -2.20. The van der Waals surface area contributed by atoms with E-state index in [1.165, 1.54) is 12.1 Å². The monoisotopic (exact) mass is 354 g/mol. The van der Waals surface area contributed by atoms with Gasteiger partial charge in [0.1, 0.15) is 0 Å². The molecule has 2 aromatic carbocycles. The van der Waals surface area contributed by atoms with E-state index < -0.39 is 6.43 Å². The van der Waals surface area contributed by atoms with Crippen molar-refractivity contribution < 1.29 is 8.78 Å².